The van der Waals surface area contributed by atoms with Crippen LogP contribution in [-0.2, 0) is 0 Å². The highest BCUT2D eigenvalue weighted by Crippen LogP contribution is 2.15. The summed E-state index contributed by atoms with van der Waals surface area (Å²) in [6, 6.07) is 0. The monoisotopic (exact) mass is 279 g/mol. The number of halogens is 4. The van der Waals surface area contributed by atoms with Gasteiger partial charge in [0.05, 0.1) is 3.70 Å². The Labute approximate surface area is 74.5 Å². The Morgan fingerprint density at radius 3 is 2.27 bits per heavy atom. The maximum Gasteiger partial charge on any atom is 0.482 e. The van der Waals surface area contributed by atoms with E-state index >= 15 is 0 Å². The lowest BCUT2D eigenvalue weighted by molar-refractivity contribution is -0.147. The molecule has 0 aromatic carbocycles. The van der Waals surface area contributed by atoms with Crippen molar-refractivity contribution in [3.63, 3.8) is 0 Å². The molecule has 3 nitrogen and oxygen atoms in total. The van der Waals surface area contributed by atoms with Gasteiger partial charge in [0.15, 0.2) is 0 Å². The van der Waals surface area contributed by atoms with E-state index in [0.29, 0.717) is 0 Å². The van der Waals surface area contributed by atoms with E-state index in [1.807, 2.05) is 0 Å². The summed E-state index contributed by atoms with van der Waals surface area (Å²) in [6.45, 7) is 0. The molecule has 4 N–H and O–H groups in total. The van der Waals surface area contributed by atoms with Crippen LogP contribution in [0.15, 0.2) is 9.78 Å². The van der Waals surface area contributed by atoms with E-state index in [1.54, 1.807) is 0 Å². The van der Waals surface area contributed by atoms with Crippen LogP contribution in [0.5, 0.6) is 0 Å². The number of hydrogen-bond donors (Lipinski definition) is 3. The average Bonchev–Trinajstić information content (AvgIpc) is 1.53. The maximum atomic E-state index is 11.5. The highest BCUT2D eigenvalue weighted by atomic mass is 127. The Hall–Kier alpha value is -0.470. The minimum Gasteiger partial charge on any atom is -0.384 e. The first-order valence-electron chi connectivity index (χ1n) is 2.37. The molecule has 0 heterocycles. The second-order valence-corrected chi connectivity index (χ2v) is 2.73. The molecule has 64 valence electrons. The van der Waals surface area contributed by atoms with Crippen molar-refractivity contribution in [2.75, 3.05) is 0 Å². The Balaban J connectivity index is 4.07. The molecule has 0 fully saturated rings. The standard InChI is InChI=1S/C4H5F3IN3/c5-4(6,7)11-2(8)1-3(9)10/h1,11H,(H3,9,10)/b2-1-. The molecule has 0 aromatic heterocycles. The molecule has 0 rings (SSSR count). The summed E-state index contributed by atoms with van der Waals surface area (Å²) < 4.78 is 34.2. The Kier molecular flexibility index (Phi) is 3.63. The number of rotatable bonds is 2. The molecule has 11 heavy (non-hydrogen) atoms. The highest BCUT2D eigenvalue weighted by molar-refractivity contribution is 14.1. The van der Waals surface area contributed by atoms with E-state index in [-0.39, 0.29) is 3.70 Å². The van der Waals surface area contributed by atoms with Crippen molar-refractivity contribution in [3.8, 4) is 0 Å². The van der Waals surface area contributed by atoms with Crippen LogP contribution in [-0.4, -0.2) is 12.1 Å². The van der Waals surface area contributed by atoms with Crippen molar-refractivity contribution in [3.05, 3.63) is 9.78 Å². The number of nitrogens with one attached hydrogen (secondary N) is 2. The van der Waals surface area contributed by atoms with Crippen LogP contribution < -0.4 is 11.1 Å². The molecule has 0 saturated carbocycles. The molecule has 7 heteroatoms. The van der Waals surface area contributed by atoms with Gasteiger partial charge in [0.2, 0.25) is 0 Å². The number of hydrogen-bond acceptors (Lipinski definition) is 2. The molecule has 0 bridgehead atoms. The van der Waals surface area contributed by atoms with Crippen LogP contribution in [0.2, 0.25) is 0 Å². The summed E-state index contributed by atoms with van der Waals surface area (Å²) >= 11 is 1.39. The zero-order valence-corrected chi connectivity index (χ0v) is 7.32. The third-order valence-electron chi connectivity index (χ3n) is 0.543. The van der Waals surface area contributed by atoms with Crippen LogP contribution in [0, 0.1) is 5.41 Å². The summed E-state index contributed by atoms with van der Waals surface area (Å²) in [5, 5.41) is 7.80. The van der Waals surface area contributed by atoms with E-state index in [2.05, 4.69) is 0 Å². The molecule has 0 aliphatic rings. The Morgan fingerprint density at radius 2 is 2.00 bits per heavy atom. The van der Waals surface area contributed by atoms with Crippen molar-refractivity contribution in [2.24, 2.45) is 5.73 Å². The van der Waals surface area contributed by atoms with Crippen molar-refractivity contribution in [1.82, 2.24) is 5.32 Å². The first-order chi connectivity index (χ1) is 4.81. The van der Waals surface area contributed by atoms with E-state index in [4.69, 9.17) is 11.1 Å². The largest absolute Gasteiger partial charge is 0.482 e. The van der Waals surface area contributed by atoms with Crippen LogP contribution in [0.3, 0.4) is 0 Å². The first-order valence-corrected chi connectivity index (χ1v) is 3.45. The molecular weight excluding hydrogens is 274 g/mol. The van der Waals surface area contributed by atoms with Gasteiger partial charge in [-0.25, -0.2) is 0 Å². The second-order valence-electron chi connectivity index (χ2n) is 1.57. The number of nitrogens with two attached hydrogens (primary N) is 1. The molecular formula is C4H5F3IN3. The molecule has 0 aromatic rings. The van der Waals surface area contributed by atoms with Gasteiger partial charge in [0, 0.05) is 6.08 Å². The lowest BCUT2D eigenvalue weighted by Gasteiger charge is -2.07. The normalized spacial score (nSPS) is 12.9. The third kappa shape index (κ3) is 7.43. The minimum atomic E-state index is -4.47. The van der Waals surface area contributed by atoms with E-state index in [0.717, 1.165) is 6.08 Å². The molecule has 0 saturated heterocycles. The Morgan fingerprint density at radius 1 is 1.55 bits per heavy atom. The van der Waals surface area contributed by atoms with Crippen LogP contribution in [0.25, 0.3) is 0 Å². The van der Waals surface area contributed by atoms with Crippen molar-refractivity contribution >= 4 is 28.4 Å². The Bertz CT molecular complexity index is 186. The summed E-state index contributed by atoms with van der Waals surface area (Å²) in [7, 11) is 0. The first kappa shape index (κ1) is 10.5. The summed E-state index contributed by atoms with van der Waals surface area (Å²) in [5.41, 5.74) is 4.81. The molecule has 0 amide bonds. The number of alkyl halides is 3. The van der Waals surface area contributed by atoms with Gasteiger partial charge in [-0.15, -0.1) is 0 Å². The highest BCUT2D eigenvalue weighted by Gasteiger charge is 2.27. The zero-order valence-electron chi connectivity index (χ0n) is 5.17. The van der Waals surface area contributed by atoms with Gasteiger partial charge < -0.3 is 5.73 Å². The van der Waals surface area contributed by atoms with Crippen LogP contribution >= 0.6 is 22.6 Å². The van der Waals surface area contributed by atoms with Crippen molar-refractivity contribution in [2.45, 2.75) is 6.30 Å². The van der Waals surface area contributed by atoms with Gasteiger partial charge in [-0.3, -0.25) is 10.7 Å². The fourth-order valence-corrected chi connectivity index (χ4v) is 0.949. The third-order valence-corrected chi connectivity index (χ3v) is 1.12. The van der Waals surface area contributed by atoms with Gasteiger partial charge in [-0.1, -0.05) is 0 Å². The fourth-order valence-electron chi connectivity index (χ4n) is 0.308. The number of amidine groups is 1. The van der Waals surface area contributed by atoms with E-state index in [1.165, 1.54) is 27.9 Å². The predicted molar refractivity (Wildman–Crippen MR) is 43.2 cm³/mol. The summed E-state index contributed by atoms with van der Waals surface area (Å²) in [4.78, 5) is 0. The van der Waals surface area contributed by atoms with Gasteiger partial charge in [0.25, 0.3) is 0 Å². The van der Waals surface area contributed by atoms with Gasteiger partial charge >= 0.3 is 6.30 Å². The van der Waals surface area contributed by atoms with Crippen LogP contribution in [0.4, 0.5) is 13.2 Å². The maximum absolute atomic E-state index is 11.5. The lowest BCUT2D eigenvalue weighted by atomic mass is 10.6. The smallest absolute Gasteiger partial charge is 0.384 e. The predicted octanol–water partition coefficient (Wildman–Crippen LogP) is 1.31. The van der Waals surface area contributed by atoms with Gasteiger partial charge in [-0.2, -0.15) is 13.2 Å². The quantitative estimate of drug-likeness (QED) is 0.309. The zero-order chi connectivity index (χ0) is 9.07. The van der Waals surface area contributed by atoms with E-state index in [9.17, 15) is 13.2 Å². The molecule has 0 aliphatic carbocycles. The molecule has 0 radical (unpaired) electrons. The topological polar surface area (TPSA) is 61.9 Å². The SMILES string of the molecule is N=C(N)/C=C(/I)NC(F)(F)F. The summed E-state index contributed by atoms with van der Waals surface area (Å²) in [6.07, 6.45) is -3.60. The minimum absolute atomic E-state index is 0.234. The summed E-state index contributed by atoms with van der Waals surface area (Å²) in [5.74, 6) is -0.425. The second kappa shape index (κ2) is 3.79. The molecule has 0 spiro atoms. The van der Waals surface area contributed by atoms with Gasteiger partial charge in [-0.05, 0) is 22.6 Å². The lowest BCUT2D eigenvalue weighted by Crippen LogP contribution is -2.29. The van der Waals surface area contributed by atoms with Crippen LogP contribution in [0.1, 0.15) is 0 Å². The molecule has 0 unspecified atom stereocenters. The molecule has 0 atom stereocenters. The van der Waals surface area contributed by atoms with E-state index < -0.39 is 12.1 Å². The van der Waals surface area contributed by atoms with Gasteiger partial charge in [0.1, 0.15) is 5.84 Å². The average molecular weight is 279 g/mol. The van der Waals surface area contributed by atoms with Crippen molar-refractivity contribution in [1.29, 1.82) is 5.41 Å². The van der Waals surface area contributed by atoms with Crippen molar-refractivity contribution < 1.29 is 13.2 Å². The molecule has 0 aliphatic heterocycles. The fraction of sp³-hybridized carbons (Fsp3) is 0.250.